The van der Waals surface area contributed by atoms with Crippen molar-refractivity contribution in [3.8, 4) is 11.5 Å². The largest absolute Gasteiger partial charge is 0.493 e. The minimum absolute atomic E-state index is 0.0373. The molecule has 0 spiro atoms. The molecule has 0 aliphatic carbocycles. The van der Waals surface area contributed by atoms with Gasteiger partial charge in [-0.25, -0.2) is 13.1 Å². The van der Waals surface area contributed by atoms with Crippen LogP contribution in [0.4, 0.5) is 13.2 Å². The van der Waals surface area contributed by atoms with Crippen molar-refractivity contribution in [3.63, 3.8) is 0 Å². The Bertz CT molecular complexity index is 917. The van der Waals surface area contributed by atoms with Gasteiger partial charge in [0.1, 0.15) is 4.90 Å². The van der Waals surface area contributed by atoms with Crippen molar-refractivity contribution in [3.05, 3.63) is 52.5 Å². The summed E-state index contributed by atoms with van der Waals surface area (Å²) in [7, 11) is -1.25. The van der Waals surface area contributed by atoms with Crippen LogP contribution in [0.3, 0.4) is 0 Å². The summed E-state index contributed by atoms with van der Waals surface area (Å²) in [6.45, 7) is -0.0373. The number of halogens is 4. The summed E-state index contributed by atoms with van der Waals surface area (Å²) in [4.78, 5) is -0.619. The van der Waals surface area contributed by atoms with E-state index in [-0.39, 0.29) is 18.0 Å². The molecular formula is C17H17ClF3NO4S. The highest BCUT2D eigenvalue weighted by Crippen LogP contribution is 2.33. The summed E-state index contributed by atoms with van der Waals surface area (Å²) in [5, 5.41) is -0.290. The highest BCUT2D eigenvalue weighted by atomic mass is 35.5. The van der Waals surface area contributed by atoms with Gasteiger partial charge >= 0.3 is 6.18 Å². The molecule has 10 heteroatoms. The average Bonchev–Trinajstić information content (AvgIpc) is 2.60. The minimum atomic E-state index is -4.67. The van der Waals surface area contributed by atoms with E-state index in [0.29, 0.717) is 17.6 Å². The monoisotopic (exact) mass is 423 g/mol. The number of sulfonamides is 1. The van der Waals surface area contributed by atoms with Crippen molar-refractivity contribution in [2.75, 3.05) is 20.8 Å². The van der Waals surface area contributed by atoms with Crippen molar-refractivity contribution >= 4 is 21.6 Å². The van der Waals surface area contributed by atoms with E-state index < -0.39 is 26.7 Å². The number of alkyl halides is 3. The first-order valence-corrected chi connectivity index (χ1v) is 9.52. The van der Waals surface area contributed by atoms with Crippen LogP contribution >= 0.6 is 11.6 Å². The first-order valence-electron chi connectivity index (χ1n) is 7.66. The van der Waals surface area contributed by atoms with Crippen LogP contribution in [0, 0.1) is 0 Å². The molecular weight excluding hydrogens is 407 g/mol. The van der Waals surface area contributed by atoms with E-state index in [1.807, 2.05) is 0 Å². The molecule has 0 radical (unpaired) electrons. The minimum Gasteiger partial charge on any atom is -0.493 e. The van der Waals surface area contributed by atoms with Gasteiger partial charge in [-0.3, -0.25) is 0 Å². The van der Waals surface area contributed by atoms with Crippen LogP contribution in [-0.4, -0.2) is 29.2 Å². The van der Waals surface area contributed by atoms with Gasteiger partial charge in [-0.2, -0.15) is 13.2 Å². The number of benzene rings is 2. The molecule has 27 heavy (non-hydrogen) atoms. The van der Waals surface area contributed by atoms with Crippen LogP contribution in [0.1, 0.15) is 11.1 Å². The van der Waals surface area contributed by atoms with Crippen molar-refractivity contribution in [2.24, 2.45) is 0 Å². The fourth-order valence-corrected chi connectivity index (χ4v) is 3.88. The van der Waals surface area contributed by atoms with Crippen LogP contribution in [0.25, 0.3) is 0 Å². The normalized spacial score (nSPS) is 12.1. The molecule has 0 heterocycles. The van der Waals surface area contributed by atoms with E-state index in [4.69, 9.17) is 21.1 Å². The summed E-state index contributed by atoms with van der Waals surface area (Å²) in [6, 6.07) is 7.24. The molecule has 2 aromatic rings. The summed E-state index contributed by atoms with van der Waals surface area (Å²) in [6.07, 6.45) is -4.38. The number of methoxy groups -OCH3 is 2. The Morgan fingerprint density at radius 1 is 1.04 bits per heavy atom. The lowest BCUT2D eigenvalue weighted by molar-refractivity contribution is -0.137. The maximum absolute atomic E-state index is 12.8. The Balaban J connectivity index is 2.14. The highest BCUT2D eigenvalue weighted by Gasteiger charge is 2.32. The Hall–Kier alpha value is -1.97. The Kier molecular flexibility index (Phi) is 6.61. The van der Waals surface area contributed by atoms with Crippen LogP contribution in [0.2, 0.25) is 5.02 Å². The SMILES string of the molecule is COc1ccc(CCNS(=O)(=O)c2cc(C(F)(F)F)ccc2Cl)cc1OC. The van der Waals surface area contributed by atoms with Gasteiger partial charge in [0.05, 0.1) is 24.8 Å². The zero-order valence-corrected chi connectivity index (χ0v) is 16.0. The summed E-state index contributed by atoms with van der Waals surface area (Å²) >= 11 is 5.78. The third kappa shape index (κ3) is 5.27. The molecule has 2 aromatic carbocycles. The van der Waals surface area contributed by atoms with Gasteiger partial charge in [0, 0.05) is 6.54 Å². The maximum Gasteiger partial charge on any atom is 0.416 e. The smallest absolute Gasteiger partial charge is 0.416 e. The molecule has 0 fully saturated rings. The second kappa shape index (κ2) is 8.37. The molecule has 0 saturated heterocycles. The molecule has 0 amide bonds. The molecule has 0 aliphatic rings. The van der Waals surface area contributed by atoms with Gasteiger partial charge in [0.25, 0.3) is 0 Å². The topological polar surface area (TPSA) is 64.6 Å². The molecule has 5 nitrogen and oxygen atoms in total. The van der Waals surface area contributed by atoms with Gasteiger partial charge in [0.15, 0.2) is 11.5 Å². The molecule has 0 aliphatic heterocycles. The van der Waals surface area contributed by atoms with Gasteiger partial charge in [-0.1, -0.05) is 17.7 Å². The van der Waals surface area contributed by atoms with E-state index in [2.05, 4.69) is 4.72 Å². The van der Waals surface area contributed by atoms with Crippen molar-refractivity contribution in [1.29, 1.82) is 0 Å². The fraction of sp³-hybridized carbons (Fsp3) is 0.294. The van der Waals surface area contributed by atoms with E-state index in [9.17, 15) is 21.6 Å². The predicted octanol–water partition coefficient (Wildman–Crippen LogP) is 3.90. The number of ether oxygens (including phenoxy) is 2. The predicted molar refractivity (Wildman–Crippen MR) is 94.9 cm³/mol. The van der Waals surface area contributed by atoms with Gasteiger partial charge in [-0.15, -0.1) is 0 Å². The second-order valence-corrected chi connectivity index (χ2v) is 7.62. The van der Waals surface area contributed by atoms with Crippen LogP contribution in [0.15, 0.2) is 41.3 Å². The third-order valence-electron chi connectivity index (χ3n) is 3.70. The van der Waals surface area contributed by atoms with Gasteiger partial charge < -0.3 is 9.47 Å². The lowest BCUT2D eigenvalue weighted by Crippen LogP contribution is -2.26. The average molecular weight is 424 g/mol. The molecule has 0 aromatic heterocycles. The summed E-state index contributed by atoms with van der Waals surface area (Å²) in [5.74, 6) is 1.01. The zero-order valence-electron chi connectivity index (χ0n) is 14.4. The van der Waals surface area contributed by atoms with Gasteiger partial charge in [0.2, 0.25) is 10.0 Å². The fourth-order valence-electron chi connectivity index (χ4n) is 2.33. The molecule has 0 unspecified atom stereocenters. The molecule has 0 atom stereocenters. The van der Waals surface area contributed by atoms with Crippen LogP contribution in [0.5, 0.6) is 11.5 Å². The molecule has 1 N–H and O–H groups in total. The van der Waals surface area contributed by atoms with Crippen molar-refractivity contribution in [1.82, 2.24) is 4.72 Å². The third-order valence-corrected chi connectivity index (χ3v) is 5.64. The van der Waals surface area contributed by atoms with E-state index >= 15 is 0 Å². The van der Waals surface area contributed by atoms with Crippen LogP contribution in [-0.2, 0) is 22.6 Å². The number of nitrogens with one attached hydrogen (secondary N) is 1. The van der Waals surface area contributed by atoms with E-state index in [1.54, 1.807) is 18.2 Å². The molecule has 0 saturated carbocycles. The number of hydrogen-bond donors (Lipinski definition) is 1. The zero-order chi connectivity index (χ0) is 20.2. The Morgan fingerprint density at radius 3 is 2.30 bits per heavy atom. The van der Waals surface area contributed by atoms with Gasteiger partial charge in [-0.05, 0) is 42.3 Å². The second-order valence-electron chi connectivity index (χ2n) is 5.48. The highest BCUT2D eigenvalue weighted by molar-refractivity contribution is 7.89. The summed E-state index contributed by atoms with van der Waals surface area (Å²) in [5.41, 5.74) is -0.336. The standard InChI is InChI=1S/C17H17ClF3NO4S/c1-25-14-6-3-11(9-15(14)26-2)7-8-22-27(23,24)16-10-12(17(19,20)21)4-5-13(16)18/h3-6,9-10,22H,7-8H2,1-2H3. The lowest BCUT2D eigenvalue weighted by Gasteiger charge is -2.12. The number of rotatable bonds is 7. The quantitative estimate of drug-likeness (QED) is 0.733. The Labute approximate surface area is 160 Å². The first-order chi connectivity index (χ1) is 12.6. The summed E-state index contributed by atoms with van der Waals surface area (Å²) < 4.78 is 75.7. The first kappa shape index (κ1) is 21.3. The maximum atomic E-state index is 12.8. The van der Waals surface area contributed by atoms with E-state index in [0.717, 1.165) is 17.7 Å². The molecule has 148 valence electrons. The van der Waals surface area contributed by atoms with Crippen LogP contribution < -0.4 is 14.2 Å². The number of hydrogen-bond acceptors (Lipinski definition) is 4. The Morgan fingerprint density at radius 2 is 1.70 bits per heavy atom. The van der Waals surface area contributed by atoms with E-state index in [1.165, 1.54) is 14.2 Å². The lowest BCUT2D eigenvalue weighted by atomic mass is 10.1. The molecule has 2 rings (SSSR count). The van der Waals surface area contributed by atoms with Crippen molar-refractivity contribution in [2.45, 2.75) is 17.5 Å². The van der Waals surface area contributed by atoms with Crippen molar-refractivity contribution < 1.29 is 31.1 Å². The molecule has 0 bridgehead atoms.